The Hall–Kier alpha value is -1.12. The summed E-state index contributed by atoms with van der Waals surface area (Å²) in [6.07, 6.45) is 1.12. The second-order valence-corrected chi connectivity index (χ2v) is 8.38. The van der Waals surface area contributed by atoms with Crippen LogP contribution in [-0.2, 0) is 14.8 Å². The van der Waals surface area contributed by atoms with Crippen LogP contribution in [0.5, 0.6) is 0 Å². The molecule has 0 aromatic heterocycles. The molecule has 0 aliphatic carbocycles. The smallest absolute Gasteiger partial charge is 0.243 e. The van der Waals surface area contributed by atoms with Gasteiger partial charge in [-0.05, 0) is 30.8 Å². The van der Waals surface area contributed by atoms with Gasteiger partial charge in [-0.25, -0.2) is 8.42 Å². The zero-order valence-corrected chi connectivity index (χ0v) is 15.8. The van der Waals surface area contributed by atoms with Crippen LogP contribution in [0, 0.1) is 0 Å². The first-order valence-corrected chi connectivity index (χ1v) is 10.2. The van der Waals surface area contributed by atoms with E-state index in [2.05, 4.69) is 27.8 Å². The van der Waals surface area contributed by atoms with E-state index in [1.807, 2.05) is 0 Å². The number of likely N-dealkylation sites (N-methyl/N-ethyl adjacent to an activating group) is 1. The number of halogens is 1. The predicted molar refractivity (Wildman–Crippen MR) is 95.0 cm³/mol. The largest absolute Gasteiger partial charge is 0.339 e. The number of piperazine rings is 1. The molecule has 1 saturated heterocycles. The lowest BCUT2D eigenvalue weighted by Gasteiger charge is -2.35. The zero-order valence-electron chi connectivity index (χ0n) is 13.4. The topological polar surface area (TPSA) is 60.9 Å². The van der Waals surface area contributed by atoms with Gasteiger partial charge in [-0.15, -0.1) is 0 Å². The van der Waals surface area contributed by atoms with Gasteiger partial charge in [-0.3, -0.25) is 9.10 Å². The number of carbonyl (C=O) groups is 1. The third kappa shape index (κ3) is 4.92. The maximum absolute atomic E-state index is 12.5. The fraction of sp³-hybridized carbons (Fsp3) is 0.533. The van der Waals surface area contributed by atoms with Crippen molar-refractivity contribution in [3.63, 3.8) is 0 Å². The lowest BCUT2D eigenvalue weighted by Crippen LogP contribution is -2.51. The van der Waals surface area contributed by atoms with Crippen molar-refractivity contribution < 1.29 is 13.2 Å². The van der Waals surface area contributed by atoms with Crippen molar-refractivity contribution in [2.45, 2.75) is 6.92 Å². The summed E-state index contributed by atoms with van der Waals surface area (Å²) in [7, 11) is -3.52. The van der Waals surface area contributed by atoms with Crippen LogP contribution in [0.15, 0.2) is 28.7 Å². The minimum absolute atomic E-state index is 0.158. The second kappa shape index (κ2) is 7.63. The molecule has 1 fully saturated rings. The van der Waals surface area contributed by atoms with Crippen molar-refractivity contribution >= 4 is 37.5 Å². The number of amides is 1. The molecular formula is C15H22BrN3O3S. The van der Waals surface area contributed by atoms with Crippen molar-refractivity contribution in [2.24, 2.45) is 0 Å². The molecule has 1 aromatic carbocycles. The first-order valence-electron chi connectivity index (χ1n) is 7.54. The number of sulfonamides is 1. The van der Waals surface area contributed by atoms with Gasteiger partial charge in [0, 0.05) is 30.7 Å². The fourth-order valence-corrected chi connectivity index (χ4v) is 3.66. The molecular weight excluding hydrogens is 382 g/mol. The van der Waals surface area contributed by atoms with Crippen LogP contribution in [0.3, 0.4) is 0 Å². The number of benzene rings is 1. The maximum Gasteiger partial charge on any atom is 0.243 e. The van der Waals surface area contributed by atoms with Gasteiger partial charge in [0.1, 0.15) is 6.54 Å². The highest BCUT2D eigenvalue weighted by atomic mass is 79.9. The molecule has 1 aliphatic heterocycles. The Morgan fingerprint density at radius 1 is 1.17 bits per heavy atom. The molecule has 2 rings (SSSR count). The molecule has 1 aliphatic rings. The van der Waals surface area contributed by atoms with Crippen molar-refractivity contribution in [2.75, 3.05) is 49.8 Å². The summed E-state index contributed by atoms with van der Waals surface area (Å²) in [5, 5.41) is 0. The molecule has 0 spiro atoms. The number of carbonyl (C=O) groups excluding carboxylic acids is 1. The van der Waals surface area contributed by atoms with E-state index in [1.165, 1.54) is 0 Å². The molecule has 0 atom stereocenters. The third-order valence-electron chi connectivity index (χ3n) is 3.97. The molecule has 0 unspecified atom stereocenters. The number of rotatable bonds is 5. The highest BCUT2D eigenvalue weighted by molar-refractivity contribution is 9.10. The summed E-state index contributed by atoms with van der Waals surface area (Å²) in [6, 6.07) is 6.90. The Labute approximate surface area is 146 Å². The quantitative estimate of drug-likeness (QED) is 0.744. The summed E-state index contributed by atoms with van der Waals surface area (Å²) in [4.78, 5) is 16.5. The summed E-state index contributed by atoms with van der Waals surface area (Å²) in [5.74, 6) is -0.158. The van der Waals surface area contributed by atoms with Crippen LogP contribution in [0.25, 0.3) is 0 Å². The summed E-state index contributed by atoms with van der Waals surface area (Å²) in [5.41, 5.74) is 0.497. The fourth-order valence-electron chi connectivity index (χ4n) is 2.54. The molecule has 23 heavy (non-hydrogen) atoms. The predicted octanol–water partition coefficient (Wildman–Crippen LogP) is 1.38. The Morgan fingerprint density at radius 2 is 1.74 bits per heavy atom. The molecule has 1 aromatic rings. The number of hydrogen-bond acceptors (Lipinski definition) is 4. The van der Waals surface area contributed by atoms with E-state index in [9.17, 15) is 13.2 Å². The number of nitrogens with zero attached hydrogens (tertiary/aromatic N) is 3. The SMILES string of the molecule is CCN1CCN(C(=O)CN(c2ccc(Br)cc2)S(C)(=O)=O)CC1. The average Bonchev–Trinajstić information content (AvgIpc) is 2.52. The van der Waals surface area contributed by atoms with Crippen LogP contribution >= 0.6 is 15.9 Å². The summed E-state index contributed by atoms with van der Waals surface area (Å²) >= 11 is 3.32. The highest BCUT2D eigenvalue weighted by Gasteiger charge is 2.26. The van der Waals surface area contributed by atoms with Gasteiger partial charge in [-0.2, -0.15) is 0 Å². The monoisotopic (exact) mass is 403 g/mol. The van der Waals surface area contributed by atoms with Gasteiger partial charge in [-0.1, -0.05) is 22.9 Å². The zero-order chi connectivity index (χ0) is 17.0. The number of anilines is 1. The Balaban J connectivity index is 2.10. The van der Waals surface area contributed by atoms with Crippen LogP contribution in [-0.4, -0.2) is 69.6 Å². The lowest BCUT2D eigenvalue weighted by atomic mass is 10.3. The van der Waals surface area contributed by atoms with Crippen LogP contribution in [0.4, 0.5) is 5.69 Å². The normalized spacial score (nSPS) is 16.4. The molecule has 6 nitrogen and oxygen atoms in total. The molecule has 1 heterocycles. The Morgan fingerprint density at radius 3 is 2.22 bits per heavy atom. The maximum atomic E-state index is 12.5. The van der Waals surface area contributed by atoms with Crippen LogP contribution in [0.2, 0.25) is 0 Å². The van der Waals surface area contributed by atoms with E-state index in [0.29, 0.717) is 18.8 Å². The van der Waals surface area contributed by atoms with Gasteiger partial charge >= 0.3 is 0 Å². The van der Waals surface area contributed by atoms with E-state index in [4.69, 9.17) is 0 Å². The van der Waals surface area contributed by atoms with Crippen molar-refractivity contribution in [3.05, 3.63) is 28.7 Å². The minimum atomic E-state index is -3.52. The average molecular weight is 404 g/mol. The molecule has 0 bridgehead atoms. The lowest BCUT2D eigenvalue weighted by molar-refractivity contribution is -0.131. The molecule has 0 radical (unpaired) electrons. The first kappa shape index (κ1) is 18.2. The third-order valence-corrected chi connectivity index (χ3v) is 5.64. The first-order chi connectivity index (χ1) is 10.8. The molecule has 0 N–H and O–H groups in total. The van der Waals surface area contributed by atoms with Gasteiger partial charge in [0.05, 0.1) is 11.9 Å². The Bertz CT molecular complexity index is 640. The standard InChI is InChI=1S/C15H22BrN3O3S/c1-3-17-8-10-18(11-9-17)15(20)12-19(23(2,21)22)14-6-4-13(16)5-7-14/h4-7H,3,8-12H2,1-2H3. The summed E-state index contributed by atoms with van der Waals surface area (Å²) in [6.45, 7) is 5.85. The van der Waals surface area contributed by atoms with E-state index in [0.717, 1.165) is 34.7 Å². The van der Waals surface area contributed by atoms with E-state index >= 15 is 0 Å². The van der Waals surface area contributed by atoms with E-state index < -0.39 is 10.0 Å². The van der Waals surface area contributed by atoms with Crippen LogP contribution in [0.1, 0.15) is 6.92 Å². The minimum Gasteiger partial charge on any atom is -0.339 e. The van der Waals surface area contributed by atoms with Crippen LogP contribution < -0.4 is 4.31 Å². The number of hydrogen-bond donors (Lipinski definition) is 0. The van der Waals surface area contributed by atoms with Gasteiger partial charge in [0.25, 0.3) is 0 Å². The molecule has 0 saturated carbocycles. The Kier molecular flexibility index (Phi) is 6.05. The molecule has 8 heteroatoms. The molecule has 1 amide bonds. The van der Waals surface area contributed by atoms with E-state index in [-0.39, 0.29) is 12.5 Å². The van der Waals surface area contributed by atoms with Crippen molar-refractivity contribution in [3.8, 4) is 0 Å². The van der Waals surface area contributed by atoms with Gasteiger partial charge in [0.15, 0.2) is 0 Å². The second-order valence-electron chi connectivity index (χ2n) is 5.56. The van der Waals surface area contributed by atoms with Gasteiger partial charge < -0.3 is 9.80 Å². The molecule has 128 valence electrons. The summed E-state index contributed by atoms with van der Waals surface area (Å²) < 4.78 is 26.2. The van der Waals surface area contributed by atoms with E-state index in [1.54, 1.807) is 29.2 Å². The highest BCUT2D eigenvalue weighted by Crippen LogP contribution is 2.21. The van der Waals surface area contributed by atoms with Crippen molar-refractivity contribution in [1.29, 1.82) is 0 Å². The van der Waals surface area contributed by atoms with Crippen molar-refractivity contribution in [1.82, 2.24) is 9.80 Å². The van der Waals surface area contributed by atoms with Gasteiger partial charge in [0.2, 0.25) is 15.9 Å².